The number of hydrogen-bond donors (Lipinski definition) is 0. The summed E-state index contributed by atoms with van der Waals surface area (Å²) in [6.07, 6.45) is 0. The first kappa shape index (κ1) is 50.5. The van der Waals surface area contributed by atoms with Gasteiger partial charge in [0, 0.05) is 10.4 Å². The molecule has 0 radical (unpaired) electrons. The molecule has 0 rings (SSSR count). The first-order valence-corrected chi connectivity index (χ1v) is 7.61. The van der Waals surface area contributed by atoms with Gasteiger partial charge in [-0.1, -0.05) is 0 Å². The van der Waals surface area contributed by atoms with Crippen molar-refractivity contribution in [3.63, 3.8) is 0 Å². The predicted molar refractivity (Wildman–Crippen MR) is 55.8 cm³/mol. The van der Waals surface area contributed by atoms with Crippen LogP contribution in [0, 0.1) is 0 Å². The van der Waals surface area contributed by atoms with Gasteiger partial charge in [0.2, 0.25) is 0 Å². The number of hydrogen-bond acceptors (Lipinski definition) is 14. The Balaban J connectivity index is -0.0000000189. The van der Waals surface area contributed by atoms with Crippen molar-refractivity contribution in [2.45, 2.75) is 0 Å². The van der Waals surface area contributed by atoms with Crippen molar-refractivity contribution in [2.24, 2.45) is 0 Å². The first-order chi connectivity index (χ1) is 7.41. The molecule has 14 nitrogen and oxygen atoms in total. The van der Waals surface area contributed by atoms with E-state index in [4.69, 9.17) is 64.9 Å². The monoisotopic (exact) mass is 506 g/mol. The van der Waals surface area contributed by atoms with Crippen LogP contribution in [-0.4, -0.2) is 178 Å². The van der Waals surface area contributed by atoms with E-state index in [-0.39, 0.29) is 151 Å². The van der Waals surface area contributed by atoms with Gasteiger partial charge in [0.05, 0.1) is 0 Å². The van der Waals surface area contributed by atoms with E-state index in [9.17, 15) is 0 Å². The Labute approximate surface area is 245 Å². The largest absolute Gasteiger partial charge is 2.00 e. The Kier molecular flexibility index (Phi) is 64.7. The number of rotatable bonds is 0. The summed E-state index contributed by atoms with van der Waals surface area (Å²) in [5.74, 6) is 0. The molecule has 0 aliphatic carbocycles. The topological polar surface area (TPSA) is 287 Å². The average molecular weight is 506 g/mol. The minimum Gasteiger partial charge on any atom is -0.822 e. The molecular weight excluding hydrogens is 506 g/mol. The van der Waals surface area contributed by atoms with Crippen molar-refractivity contribution in [2.75, 3.05) is 0 Å². The van der Waals surface area contributed by atoms with E-state index in [1.807, 2.05) is 0 Å². The van der Waals surface area contributed by atoms with E-state index >= 15 is 0 Å². The van der Waals surface area contributed by atoms with Gasteiger partial charge in [0.25, 0.3) is 0 Å². The average Bonchev–Trinajstić information content (AvgIpc) is 1.71. The second-order valence-corrected chi connectivity index (χ2v) is 4.16. The van der Waals surface area contributed by atoms with Crippen LogP contribution in [-0.2, 0) is 28.5 Å². The summed E-state index contributed by atoms with van der Waals surface area (Å²) in [6.45, 7) is 0. The van der Waals surface area contributed by atoms with Crippen LogP contribution in [0.3, 0.4) is 0 Å². The van der Waals surface area contributed by atoms with E-state index in [2.05, 4.69) is 0 Å². The van der Waals surface area contributed by atoms with E-state index in [1.54, 1.807) is 0 Å². The number of phosphoric acid groups is 2. The van der Waals surface area contributed by atoms with Gasteiger partial charge in [-0.15, -0.1) is 0 Å². The normalized spacial score (nSPS) is 8.36. The van der Waals surface area contributed by atoms with Crippen LogP contribution in [0.5, 0.6) is 0 Å². The van der Waals surface area contributed by atoms with Crippen molar-refractivity contribution in [1.82, 2.24) is 0 Å². The van der Waals surface area contributed by atoms with Gasteiger partial charge >= 0.3 is 160 Å². The summed E-state index contributed by atoms with van der Waals surface area (Å²) >= 11 is 0. The molecule has 0 aliphatic heterocycles. The van der Waals surface area contributed by atoms with Gasteiger partial charge < -0.3 is 47.6 Å². The molecule has 0 heterocycles. The maximum Gasteiger partial charge on any atom is 2.00 e. The summed E-state index contributed by atoms with van der Waals surface area (Å²) in [4.78, 5) is 51.3. The standard InChI is InChI=1S/4Ca.2H3O4P.H2O4S.O2Si/c;;;;3*1-5(2,3)4;1-3-2/h;;;;2*(H3,1,2,3,4);(H2,1,2,3,4);/q4*+2;;;;/p-8. The molecule has 0 aromatic rings. The van der Waals surface area contributed by atoms with Crippen LogP contribution in [0.15, 0.2) is 0 Å². The molecule has 0 bridgehead atoms. The van der Waals surface area contributed by atoms with Crippen LogP contribution < -0.4 is 29.4 Å². The van der Waals surface area contributed by atoms with Crippen molar-refractivity contribution in [3.8, 4) is 0 Å². The minimum atomic E-state index is -5.39. The SMILES string of the molecule is O=P([O-])([O-])[O-].O=P([O-])([O-])[O-].O=S(=O)([O-])[O-].O=[Si]=O.[Ca+2].[Ca+2].[Ca+2].[Ca+2]. The molecule has 112 valence electrons. The summed E-state index contributed by atoms with van der Waals surface area (Å²) < 4.78 is 68.0. The van der Waals surface area contributed by atoms with Crippen LogP contribution >= 0.6 is 15.6 Å². The third-order valence-electron chi connectivity index (χ3n) is 0. The summed E-state index contributed by atoms with van der Waals surface area (Å²) in [7, 11) is -17.4. The summed E-state index contributed by atoms with van der Waals surface area (Å²) in [6, 6.07) is 0. The van der Waals surface area contributed by atoms with E-state index in [1.165, 1.54) is 0 Å². The quantitative estimate of drug-likeness (QED) is 0.127. The Bertz CT molecular complexity index is 370. The molecule has 0 amide bonds. The Hall–Kier alpha value is 4.95. The van der Waals surface area contributed by atoms with Crippen LogP contribution in [0.25, 0.3) is 0 Å². The third-order valence-corrected chi connectivity index (χ3v) is 0. The molecule has 0 saturated carbocycles. The maximum absolute atomic E-state index is 8.55. The van der Waals surface area contributed by atoms with Crippen molar-refractivity contribution in [1.29, 1.82) is 0 Å². The van der Waals surface area contributed by atoms with Crippen LogP contribution in [0.4, 0.5) is 0 Å². The second-order valence-electron chi connectivity index (χ2n) is 1.39. The molecule has 0 spiro atoms. The molecule has 0 unspecified atom stereocenters. The van der Waals surface area contributed by atoms with E-state index in [0.717, 1.165) is 0 Å². The van der Waals surface area contributed by atoms with Gasteiger partial charge in [-0.3, -0.25) is 17.3 Å². The molecule has 0 N–H and O–H groups in total. The molecule has 0 aromatic heterocycles. The van der Waals surface area contributed by atoms with Crippen molar-refractivity contribution >= 4 is 186 Å². The van der Waals surface area contributed by atoms with Gasteiger partial charge in [-0.25, -0.2) is 0 Å². The Morgan fingerprint density at radius 2 is 0.636 bits per heavy atom. The molecule has 22 heavy (non-hydrogen) atoms. The smallest absolute Gasteiger partial charge is 0.822 e. The fourth-order valence-corrected chi connectivity index (χ4v) is 0. The zero-order valence-corrected chi connectivity index (χ0v) is 22.8. The molecular formula is Ca4O14P2SSi. The Morgan fingerprint density at radius 3 is 0.636 bits per heavy atom. The fourth-order valence-electron chi connectivity index (χ4n) is 0. The van der Waals surface area contributed by atoms with E-state index in [0.29, 0.717) is 0 Å². The fraction of sp³-hybridized carbons (Fsp3) is 0. The second kappa shape index (κ2) is 28.2. The zero-order valence-electron chi connectivity index (χ0n) is 10.3. The third kappa shape index (κ3) is 585. The summed E-state index contributed by atoms with van der Waals surface area (Å²) in [5, 5.41) is 0. The van der Waals surface area contributed by atoms with Crippen LogP contribution in [0.1, 0.15) is 0 Å². The summed E-state index contributed by atoms with van der Waals surface area (Å²) in [5.41, 5.74) is 0. The molecule has 0 fully saturated rings. The van der Waals surface area contributed by atoms with Gasteiger partial charge in [-0.05, 0) is 0 Å². The zero-order chi connectivity index (χ0) is 16.2. The minimum absolute atomic E-state index is 0. The first-order valence-electron chi connectivity index (χ1n) is 2.54. The van der Waals surface area contributed by atoms with Gasteiger partial charge in [-0.2, -0.15) is 15.6 Å². The van der Waals surface area contributed by atoms with Gasteiger partial charge in [0.1, 0.15) is 0 Å². The molecule has 0 aliphatic rings. The predicted octanol–water partition coefficient (Wildman–Crippen LogP) is -9.13. The molecule has 0 saturated heterocycles. The maximum atomic E-state index is 8.55. The molecule has 22 heteroatoms. The molecule has 0 aromatic carbocycles. The van der Waals surface area contributed by atoms with Crippen molar-refractivity contribution in [3.05, 3.63) is 0 Å². The van der Waals surface area contributed by atoms with Crippen molar-refractivity contribution < 1.29 is 64.9 Å². The Morgan fingerprint density at radius 1 is 0.636 bits per heavy atom. The van der Waals surface area contributed by atoms with E-state index < -0.39 is 35.3 Å². The van der Waals surface area contributed by atoms with Crippen LogP contribution in [0.2, 0.25) is 0 Å². The molecule has 0 atom stereocenters. The van der Waals surface area contributed by atoms with Gasteiger partial charge in [0.15, 0.2) is 0 Å².